The molecule has 0 heterocycles. The fourth-order valence-corrected chi connectivity index (χ4v) is 3.34. The van der Waals surface area contributed by atoms with Gasteiger partial charge in [-0.2, -0.15) is 0 Å². The zero-order valence-electron chi connectivity index (χ0n) is 15.4. The Morgan fingerprint density at radius 2 is 1.50 bits per heavy atom. The van der Waals surface area contributed by atoms with Crippen LogP contribution in [-0.2, 0) is 4.79 Å². The SMILES string of the molecule is C=c1cccc/c1=C(\C(=O)CC(C)c1ccccc1)c1ccccc1C. The van der Waals surface area contributed by atoms with Crippen LogP contribution >= 0.6 is 0 Å². The maximum atomic E-state index is 13.4. The molecule has 0 radical (unpaired) electrons. The highest BCUT2D eigenvalue weighted by Gasteiger charge is 2.18. The molecule has 1 unspecified atom stereocenters. The minimum absolute atomic E-state index is 0.159. The number of Topliss-reactive ketones (excluding diaryl/α,β-unsaturated/α-hetero) is 1. The fourth-order valence-electron chi connectivity index (χ4n) is 3.34. The van der Waals surface area contributed by atoms with Crippen LogP contribution in [0.5, 0.6) is 0 Å². The number of hydrogen-bond acceptors (Lipinski definition) is 1. The van der Waals surface area contributed by atoms with Crippen molar-refractivity contribution in [2.75, 3.05) is 0 Å². The number of ketones is 1. The van der Waals surface area contributed by atoms with Gasteiger partial charge in [-0.3, -0.25) is 4.79 Å². The molecule has 3 aromatic carbocycles. The number of hydrogen-bond donors (Lipinski definition) is 0. The topological polar surface area (TPSA) is 17.1 Å². The Morgan fingerprint density at radius 1 is 0.885 bits per heavy atom. The third-order valence-corrected chi connectivity index (χ3v) is 4.84. The van der Waals surface area contributed by atoms with E-state index in [1.54, 1.807) is 0 Å². The van der Waals surface area contributed by atoms with E-state index in [0.29, 0.717) is 6.42 Å². The van der Waals surface area contributed by atoms with Gasteiger partial charge in [0.1, 0.15) is 0 Å². The van der Waals surface area contributed by atoms with E-state index in [9.17, 15) is 4.79 Å². The second-order valence-electron chi connectivity index (χ2n) is 6.79. The molecule has 130 valence electrons. The molecule has 0 saturated carbocycles. The standard InChI is InChI=1S/C25H24O/c1-18-11-7-9-15-22(18)25(23-16-10-8-12-19(23)2)24(26)17-20(3)21-13-5-4-6-14-21/h4-16,20H,1,17H2,2-3H3/b25-22+. The maximum absolute atomic E-state index is 13.4. The first-order valence-corrected chi connectivity index (χ1v) is 9.00. The molecule has 3 rings (SSSR count). The second-order valence-corrected chi connectivity index (χ2v) is 6.79. The predicted molar refractivity (Wildman–Crippen MR) is 109 cm³/mol. The first-order chi connectivity index (χ1) is 12.6. The van der Waals surface area contributed by atoms with E-state index in [1.807, 2.05) is 60.7 Å². The monoisotopic (exact) mass is 340 g/mol. The van der Waals surface area contributed by atoms with Crippen LogP contribution in [0.15, 0.2) is 78.9 Å². The lowest BCUT2D eigenvalue weighted by molar-refractivity contribution is -0.114. The zero-order valence-corrected chi connectivity index (χ0v) is 15.4. The van der Waals surface area contributed by atoms with Gasteiger partial charge in [0.25, 0.3) is 0 Å². The van der Waals surface area contributed by atoms with E-state index in [0.717, 1.165) is 27.1 Å². The van der Waals surface area contributed by atoms with Gasteiger partial charge in [0.15, 0.2) is 5.78 Å². The molecule has 0 N–H and O–H groups in total. The van der Waals surface area contributed by atoms with E-state index in [1.165, 1.54) is 5.56 Å². The van der Waals surface area contributed by atoms with Crippen molar-refractivity contribution >= 4 is 17.9 Å². The lowest BCUT2D eigenvalue weighted by Gasteiger charge is -2.15. The molecule has 0 aromatic heterocycles. The highest BCUT2D eigenvalue weighted by atomic mass is 16.1. The summed E-state index contributed by atoms with van der Waals surface area (Å²) in [7, 11) is 0. The van der Waals surface area contributed by atoms with Crippen LogP contribution in [0, 0.1) is 6.92 Å². The van der Waals surface area contributed by atoms with Crippen LogP contribution in [0.1, 0.15) is 36.0 Å². The molecule has 0 aliphatic carbocycles. The van der Waals surface area contributed by atoms with Crippen molar-refractivity contribution < 1.29 is 4.79 Å². The van der Waals surface area contributed by atoms with Crippen molar-refractivity contribution in [1.82, 2.24) is 0 Å². The molecule has 0 amide bonds. The fraction of sp³-hybridized carbons (Fsp3) is 0.160. The molecular formula is C25H24O. The van der Waals surface area contributed by atoms with Crippen LogP contribution in [0.3, 0.4) is 0 Å². The van der Waals surface area contributed by atoms with Gasteiger partial charge in [0.05, 0.1) is 0 Å². The Kier molecular flexibility index (Phi) is 5.48. The van der Waals surface area contributed by atoms with Crippen LogP contribution < -0.4 is 10.4 Å². The molecular weight excluding hydrogens is 316 g/mol. The summed E-state index contributed by atoms with van der Waals surface area (Å²) in [5.74, 6) is 0.325. The number of carbonyl (C=O) groups is 1. The minimum atomic E-state index is 0.159. The van der Waals surface area contributed by atoms with Crippen molar-refractivity contribution in [2.45, 2.75) is 26.2 Å². The van der Waals surface area contributed by atoms with Gasteiger partial charge < -0.3 is 0 Å². The highest BCUT2D eigenvalue weighted by molar-refractivity contribution is 6.20. The average molecular weight is 340 g/mol. The summed E-state index contributed by atoms with van der Waals surface area (Å²) in [6, 6.07) is 26.2. The molecule has 0 saturated heterocycles. The van der Waals surface area contributed by atoms with E-state index in [-0.39, 0.29) is 11.7 Å². The molecule has 0 bridgehead atoms. The molecule has 1 heteroatoms. The van der Waals surface area contributed by atoms with Gasteiger partial charge in [-0.05, 0) is 40.0 Å². The van der Waals surface area contributed by atoms with Gasteiger partial charge >= 0.3 is 0 Å². The van der Waals surface area contributed by atoms with Crippen molar-refractivity contribution in [1.29, 1.82) is 0 Å². The number of aryl methyl sites for hydroxylation is 1. The van der Waals surface area contributed by atoms with Gasteiger partial charge in [0, 0.05) is 12.0 Å². The second kappa shape index (κ2) is 7.97. The summed E-state index contributed by atoms with van der Waals surface area (Å²) in [5.41, 5.74) is 4.06. The first-order valence-electron chi connectivity index (χ1n) is 9.00. The van der Waals surface area contributed by atoms with Crippen LogP contribution in [0.2, 0.25) is 0 Å². The number of benzene rings is 3. The Bertz CT molecular complexity index is 1020. The van der Waals surface area contributed by atoms with Crippen molar-refractivity contribution in [3.8, 4) is 0 Å². The Balaban J connectivity index is 2.10. The Labute approximate surface area is 155 Å². The largest absolute Gasteiger partial charge is 0.294 e. The highest BCUT2D eigenvalue weighted by Crippen LogP contribution is 2.24. The quantitative estimate of drug-likeness (QED) is 0.674. The van der Waals surface area contributed by atoms with Crippen molar-refractivity contribution in [3.05, 3.63) is 106 Å². The molecule has 0 fully saturated rings. The third-order valence-electron chi connectivity index (χ3n) is 4.84. The summed E-state index contributed by atoms with van der Waals surface area (Å²) < 4.78 is 0. The molecule has 0 aliphatic heterocycles. The molecule has 1 atom stereocenters. The Morgan fingerprint density at radius 3 is 2.19 bits per heavy atom. The number of rotatable bonds is 5. The molecule has 1 nitrogen and oxygen atoms in total. The lowest BCUT2D eigenvalue weighted by atomic mass is 9.88. The van der Waals surface area contributed by atoms with Gasteiger partial charge in [-0.15, -0.1) is 0 Å². The van der Waals surface area contributed by atoms with Crippen LogP contribution in [0.25, 0.3) is 12.2 Å². The molecule has 0 aliphatic rings. The summed E-state index contributed by atoms with van der Waals surface area (Å²) in [6.45, 7) is 8.30. The summed E-state index contributed by atoms with van der Waals surface area (Å²) >= 11 is 0. The lowest BCUT2D eigenvalue weighted by Crippen LogP contribution is -2.29. The zero-order chi connectivity index (χ0) is 18.5. The van der Waals surface area contributed by atoms with E-state index >= 15 is 0 Å². The molecule has 3 aromatic rings. The predicted octanol–water partition coefficient (Wildman–Crippen LogP) is 4.37. The van der Waals surface area contributed by atoms with E-state index in [2.05, 4.69) is 38.6 Å². The molecule has 26 heavy (non-hydrogen) atoms. The normalized spacial score (nSPS) is 13.2. The first kappa shape index (κ1) is 17.9. The average Bonchev–Trinajstić information content (AvgIpc) is 2.65. The maximum Gasteiger partial charge on any atom is 0.164 e. The van der Waals surface area contributed by atoms with E-state index in [4.69, 9.17) is 0 Å². The van der Waals surface area contributed by atoms with Crippen LogP contribution in [0.4, 0.5) is 0 Å². The van der Waals surface area contributed by atoms with Crippen molar-refractivity contribution in [3.63, 3.8) is 0 Å². The van der Waals surface area contributed by atoms with Gasteiger partial charge in [-0.1, -0.05) is 92.4 Å². The summed E-state index contributed by atoms with van der Waals surface area (Å²) in [6.07, 6.45) is 0.474. The number of carbonyl (C=O) groups excluding carboxylic acids is 1. The van der Waals surface area contributed by atoms with E-state index < -0.39 is 0 Å². The summed E-state index contributed by atoms with van der Waals surface area (Å²) in [4.78, 5) is 13.4. The minimum Gasteiger partial charge on any atom is -0.294 e. The third kappa shape index (κ3) is 3.83. The van der Waals surface area contributed by atoms with Crippen molar-refractivity contribution in [2.24, 2.45) is 0 Å². The molecule has 0 spiro atoms. The smallest absolute Gasteiger partial charge is 0.164 e. The Hall–Kier alpha value is -2.93. The summed E-state index contributed by atoms with van der Waals surface area (Å²) in [5, 5.41) is 1.80. The van der Waals surface area contributed by atoms with Gasteiger partial charge in [-0.25, -0.2) is 0 Å². The van der Waals surface area contributed by atoms with Gasteiger partial charge in [0.2, 0.25) is 0 Å². The van der Waals surface area contributed by atoms with Crippen LogP contribution in [-0.4, -0.2) is 5.78 Å².